The smallest absolute Gasteiger partial charge is 0.199 e. The molecule has 5 nitrogen and oxygen atoms in total. The van der Waals surface area contributed by atoms with Gasteiger partial charge in [-0.15, -0.1) is 0 Å². The molecule has 4 rings (SSSR count). The minimum absolute atomic E-state index is 0.255. The summed E-state index contributed by atoms with van der Waals surface area (Å²) in [5.41, 5.74) is 1.91. The molecule has 3 aromatic heterocycles. The van der Waals surface area contributed by atoms with Crippen LogP contribution in [-0.4, -0.2) is 19.9 Å². The Labute approximate surface area is 136 Å². The average molecular weight is 321 g/mol. The zero-order valence-electron chi connectivity index (χ0n) is 11.7. The number of aromatic amines is 1. The molecule has 1 N–H and O–H groups in total. The van der Waals surface area contributed by atoms with Gasteiger partial charge in [0.05, 0.1) is 6.26 Å². The Kier molecular flexibility index (Phi) is 3.30. The second kappa shape index (κ2) is 5.59. The lowest BCUT2D eigenvalue weighted by Gasteiger charge is -1.96. The van der Waals surface area contributed by atoms with Gasteiger partial charge in [-0.3, -0.25) is 0 Å². The number of H-pyrrole nitrogens is 1. The molecule has 4 aromatic rings. The highest BCUT2D eigenvalue weighted by Gasteiger charge is 2.13. The number of aromatic nitrogens is 4. The van der Waals surface area contributed by atoms with Crippen LogP contribution in [0.3, 0.4) is 0 Å². The molecule has 3 heterocycles. The molecule has 0 aliphatic heterocycles. The number of halogens is 1. The van der Waals surface area contributed by atoms with Crippen molar-refractivity contribution in [2.24, 2.45) is 0 Å². The summed E-state index contributed by atoms with van der Waals surface area (Å²) in [5, 5.41) is 0.255. The maximum Gasteiger partial charge on any atom is 0.199 e. The van der Waals surface area contributed by atoms with Gasteiger partial charge in [-0.25, -0.2) is 15.0 Å². The van der Waals surface area contributed by atoms with Gasteiger partial charge >= 0.3 is 0 Å². The Morgan fingerprint density at radius 3 is 2.61 bits per heavy atom. The van der Waals surface area contributed by atoms with Gasteiger partial charge in [0.2, 0.25) is 0 Å². The molecule has 0 aliphatic rings. The molecule has 0 saturated carbocycles. The zero-order chi connectivity index (χ0) is 15.6. The van der Waals surface area contributed by atoms with E-state index in [0.29, 0.717) is 28.6 Å². The summed E-state index contributed by atoms with van der Waals surface area (Å²) >= 11 is 6.19. The van der Waals surface area contributed by atoms with E-state index in [4.69, 9.17) is 16.0 Å². The molecule has 110 valence electrons. The largest absolute Gasteiger partial charge is 0.461 e. The number of benzene rings is 1. The third-order valence-corrected chi connectivity index (χ3v) is 3.41. The van der Waals surface area contributed by atoms with Crippen LogP contribution in [0.5, 0.6) is 0 Å². The van der Waals surface area contributed by atoms with Gasteiger partial charge in [0.25, 0.3) is 0 Å². The van der Waals surface area contributed by atoms with Gasteiger partial charge in [0.15, 0.2) is 28.2 Å². The molecule has 0 radical (unpaired) electrons. The highest BCUT2D eigenvalue weighted by atomic mass is 35.5. The predicted molar refractivity (Wildman–Crippen MR) is 86.8 cm³/mol. The quantitative estimate of drug-likeness (QED) is 0.429. The Hall–Kier alpha value is -3.10. The molecule has 0 amide bonds. The molecule has 0 saturated heterocycles. The van der Waals surface area contributed by atoms with Crippen LogP contribution in [0.4, 0.5) is 0 Å². The van der Waals surface area contributed by atoms with Gasteiger partial charge in [-0.05, 0) is 30.2 Å². The van der Waals surface area contributed by atoms with Crippen molar-refractivity contribution >= 4 is 22.8 Å². The number of nitrogens with one attached hydrogen (secondary N) is 1. The predicted octanol–water partition coefficient (Wildman–Crippen LogP) is 3.67. The highest BCUT2D eigenvalue weighted by molar-refractivity contribution is 6.33. The third kappa shape index (κ3) is 2.68. The number of furan rings is 1. The van der Waals surface area contributed by atoms with Gasteiger partial charge in [0, 0.05) is 5.56 Å². The fourth-order valence-electron chi connectivity index (χ4n) is 2.09. The van der Waals surface area contributed by atoms with E-state index in [1.165, 1.54) is 0 Å². The van der Waals surface area contributed by atoms with Crippen LogP contribution >= 0.6 is 11.6 Å². The highest BCUT2D eigenvalue weighted by Crippen LogP contribution is 2.23. The van der Waals surface area contributed by atoms with E-state index >= 15 is 0 Å². The van der Waals surface area contributed by atoms with Crippen molar-refractivity contribution in [3.8, 4) is 23.4 Å². The van der Waals surface area contributed by atoms with E-state index in [-0.39, 0.29) is 5.15 Å². The zero-order valence-corrected chi connectivity index (χ0v) is 12.5. The molecule has 23 heavy (non-hydrogen) atoms. The van der Waals surface area contributed by atoms with Crippen LogP contribution in [0.25, 0.3) is 22.7 Å². The van der Waals surface area contributed by atoms with E-state index in [1.54, 1.807) is 18.4 Å². The average Bonchev–Trinajstić information content (AvgIpc) is 3.23. The number of hydrogen-bond donors (Lipinski definition) is 1. The van der Waals surface area contributed by atoms with Crippen LogP contribution in [0.1, 0.15) is 11.4 Å². The van der Waals surface area contributed by atoms with Gasteiger partial charge < -0.3 is 9.40 Å². The first kappa shape index (κ1) is 13.6. The Morgan fingerprint density at radius 2 is 1.83 bits per heavy atom. The van der Waals surface area contributed by atoms with Crippen molar-refractivity contribution in [1.82, 2.24) is 19.9 Å². The lowest BCUT2D eigenvalue weighted by atomic mass is 10.2. The van der Waals surface area contributed by atoms with E-state index in [0.717, 1.165) is 5.56 Å². The summed E-state index contributed by atoms with van der Waals surface area (Å²) in [4.78, 5) is 16.0. The molecule has 0 unspecified atom stereocenters. The lowest BCUT2D eigenvalue weighted by Crippen LogP contribution is -1.89. The topological polar surface area (TPSA) is 67.6 Å². The van der Waals surface area contributed by atoms with Crippen molar-refractivity contribution in [2.75, 3.05) is 0 Å². The van der Waals surface area contributed by atoms with E-state index in [2.05, 4.69) is 31.8 Å². The molecular weight excluding hydrogens is 312 g/mol. The minimum Gasteiger partial charge on any atom is -0.461 e. The molecule has 0 fully saturated rings. The van der Waals surface area contributed by atoms with Crippen molar-refractivity contribution in [1.29, 1.82) is 0 Å². The molecule has 0 bridgehead atoms. The van der Waals surface area contributed by atoms with Crippen LogP contribution < -0.4 is 0 Å². The summed E-state index contributed by atoms with van der Waals surface area (Å²) in [6.45, 7) is 0. The van der Waals surface area contributed by atoms with Gasteiger partial charge in [-0.2, -0.15) is 0 Å². The first-order valence-electron chi connectivity index (χ1n) is 6.84. The lowest BCUT2D eigenvalue weighted by molar-refractivity contribution is 0.577. The summed E-state index contributed by atoms with van der Waals surface area (Å²) in [6.07, 6.45) is 1.56. The fraction of sp³-hybridized carbons (Fsp3) is 0. The van der Waals surface area contributed by atoms with Gasteiger partial charge in [-0.1, -0.05) is 35.7 Å². The van der Waals surface area contributed by atoms with E-state index in [1.807, 2.05) is 30.3 Å². The van der Waals surface area contributed by atoms with Crippen molar-refractivity contribution in [2.45, 2.75) is 0 Å². The number of fused-ring (bicyclic) bond motifs is 1. The third-order valence-electron chi connectivity index (χ3n) is 3.14. The molecule has 0 spiro atoms. The van der Waals surface area contributed by atoms with Crippen molar-refractivity contribution < 1.29 is 4.42 Å². The monoisotopic (exact) mass is 320 g/mol. The van der Waals surface area contributed by atoms with Crippen LogP contribution in [-0.2, 0) is 0 Å². The SMILES string of the molecule is Clc1nc(-c2ccco2)nc2[nH]c(C#Cc3ccccc3)nc12. The summed E-state index contributed by atoms with van der Waals surface area (Å²) < 4.78 is 5.29. The Balaban J connectivity index is 1.76. The van der Waals surface area contributed by atoms with E-state index < -0.39 is 0 Å². The second-order valence-electron chi connectivity index (χ2n) is 4.71. The van der Waals surface area contributed by atoms with Crippen LogP contribution in [0, 0.1) is 11.8 Å². The number of imidazole rings is 1. The number of nitrogens with zero attached hydrogens (tertiary/aromatic N) is 3. The number of hydrogen-bond acceptors (Lipinski definition) is 4. The minimum atomic E-state index is 0.255. The maximum atomic E-state index is 6.19. The van der Waals surface area contributed by atoms with Crippen LogP contribution in [0.15, 0.2) is 53.1 Å². The summed E-state index contributed by atoms with van der Waals surface area (Å²) in [5.74, 6) is 7.42. The Morgan fingerprint density at radius 1 is 0.957 bits per heavy atom. The summed E-state index contributed by atoms with van der Waals surface area (Å²) in [7, 11) is 0. The maximum absolute atomic E-state index is 6.19. The van der Waals surface area contributed by atoms with Crippen molar-refractivity contribution in [3.05, 3.63) is 65.3 Å². The normalized spacial score (nSPS) is 10.5. The van der Waals surface area contributed by atoms with Gasteiger partial charge in [0.1, 0.15) is 5.52 Å². The first-order chi connectivity index (χ1) is 11.3. The molecule has 0 aliphatic carbocycles. The van der Waals surface area contributed by atoms with E-state index in [9.17, 15) is 0 Å². The molecule has 1 aromatic carbocycles. The standard InChI is InChI=1S/C17H9ClN4O/c18-15-14-17(22-16(21-15)12-7-4-10-23-12)20-13(19-14)9-8-11-5-2-1-3-6-11/h1-7,10H,(H,19,20,21,22). The van der Waals surface area contributed by atoms with Crippen molar-refractivity contribution in [3.63, 3.8) is 0 Å². The van der Waals surface area contributed by atoms with Crippen LogP contribution in [0.2, 0.25) is 5.15 Å². The number of rotatable bonds is 1. The molecule has 6 heteroatoms. The summed E-state index contributed by atoms with van der Waals surface area (Å²) in [6, 6.07) is 13.2. The fourth-order valence-corrected chi connectivity index (χ4v) is 2.31. The first-order valence-corrected chi connectivity index (χ1v) is 7.21. The second-order valence-corrected chi connectivity index (χ2v) is 5.07. The molecule has 0 atom stereocenters. The molecular formula is C17H9ClN4O. The Bertz CT molecular complexity index is 1030.